The Morgan fingerprint density at radius 2 is 2.04 bits per heavy atom. The van der Waals surface area contributed by atoms with Gasteiger partial charge in [0.25, 0.3) is 0 Å². The maximum Gasteiger partial charge on any atom is 0.307 e. The largest absolute Gasteiger partial charge is 0.444 e. The fourth-order valence-electron chi connectivity index (χ4n) is 2.10. The Morgan fingerprint density at radius 3 is 2.71 bits per heavy atom. The molecule has 0 unspecified atom stereocenters. The number of hydrazone groups is 1. The van der Waals surface area contributed by atoms with Crippen molar-refractivity contribution in [2.75, 3.05) is 5.32 Å². The number of anilines is 1. The number of carbonyl (C=O) groups is 2. The van der Waals surface area contributed by atoms with E-state index in [-0.39, 0.29) is 17.6 Å². The highest BCUT2D eigenvalue weighted by molar-refractivity contribution is 9.10. The van der Waals surface area contributed by atoms with Crippen molar-refractivity contribution < 1.29 is 14.0 Å². The Labute approximate surface area is 147 Å². The summed E-state index contributed by atoms with van der Waals surface area (Å²) in [7, 11) is 0. The molecule has 7 heteroatoms. The lowest BCUT2D eigenvalue weighted by atomic mass is 10.1. The van der Waals surface area contributed by atoms with E-state index in [1.165, 1.54) is 0 Å². The highest BCUT2D eigenvalue weighted by Gasteiger charge is 2.29. The standard InChI is InChI=1S/C17H16BrN3O3/c1-10(20-21-17(23)14-7-8-15(18)24-14)12-3-2-4-13(9-12)19-16(22)11-5-6-11/h2-4,7-9,11H,5-6H2,1H3,(H,19,22)(H,21,23)/b20-10-. The van der Waals surface area contributed by atoms with Gasteiger partial charge in [-0.05, 0) is 65.5 Å². The Balaban J connectivity index is 1.66. The second-order valence-corrected chi connectivity index (χ2v) is 6.37. The van der Waals surface area contributed by atoms with E-state index in [4.69, 9.17) is 4.42 Å². The summed E-state index contributed by atoms with van der Waals surface area (Å²) in [4.78, 5) is 23.7. The lowest BCUT2D eigenvalue weighted by molar-refractivity contribution is -0.117. The van der Waals surface area contributed by atoms with Crippen molar-refractivity contribution in [2.45, 2.75) is 19.8 Å². The maximum absolute atomic E-state index is 11.9. The second-order valence-electron chi connectivity index (χ2n) is 5.59. The predicted molar refractivity (Wildman–Crippen MR) is 93.9 cm³/mol. The predicted octanol–water partition coefficient (Wildman–Crippen LogP) is 3.54. The molecule has 0 saturated heterocycles. The van der Waals surface area contributed by atoms with E-state index in [0.717, 1.165) is 24.1 Å². The van der Waals surface area contributed by atoms with Crippen molar-refractivity contribution in [1.29, 1.82) is 0 Å². The average Bonchev–Trinajstić information content (AvgIpc) is 3.34. The highest BCUT2D eigenvalue weighted by Crippen LogP contribution is 2.30. The summed E-state index contributed by atoms with van der Waals surface area (Å²) in [6.45, 7) is 1.78. The van der Waals surface area contributed by atoms with Crippen LogP contribution in [0.1, 0.15) is 35.9 Å². The van der Waals surface area contributed by atoms with Gasteiger partial charge in [0, 0.05) is 11.6 Å². The molecule has 24 heavy (non-hydrogen) atoms. The molecular formula is C17H16BrN3O3. The van der Waals surface area contributed by atoms with Crippen molar-refractivity contribution >= 4 is 39.1 Å². The second kappa shape index (κ2) is 7.00. The third-order valence-electron chi connectivity index (χ3n) is 3.62. The first-order chi connectivity index (χ1) is 11.5. The van der Waals surface area contributed by atoms with Gasteiger partial charge in [-0.3, -0.25) is 9.59 Å². The van der Waals surface area contributed by atoms with Crippen LogP contribution in [0, 0.1) is 5.92 Å². The Kier molecular flexibility index (Phi) is 4.80. The zero-order valence-corrected chi connectivity index (χ0v) is 14.6. The molecule has 0 radical (unpaired) electrons. The first-order valence-corrected chi connectivity index (χ1v) is 8.33. The minimum atomic E-state index is -0.432. The van der Waals surface area contributed by atoms with Crippen LogP contribution in [0.5, 0.6) is 0 Å². The molecule has 1 aliphatic rings. The van der Waals surface area contributed by atoms with Gasteiger partial charge in [-0.25, -0.2) is 5.43 Å². The number of hydrogen-bond acceptors (Lipinski definition) is 4. The van der Waals surface area contributed by atoms with E-state index in [0.29, 0.717) is 10.4 Å². The highest BCUT2D eigenvalue weighted by atomic mass is 79.9. The fraction of sp³-hybridized carbons (Fsp3) is 0.235. The van der Waals surface area contributed by atoms with Crippen LogP contribution in [0.2, 0.25) is 0 Å². The van der Waals surface area contributed by atoms with Crippen LogP contribution in [0.4, 0.5) is 5.69 Å². The van der Waals surface area contributed by atoms with Gasteiger partial charge in [-0.15, -0.1) is 0 Å². The van der Waals surface area contributed by atoms with E-state index in [9.17, 15) is 9.59 Å². The van der Waals surface area contributed by atoms with Gasteiger partial charge in [0.1, 0.15) is 0 Å². The van der Waals surface area contributed by atoms with Gasteiger partial charge in [0.2, 0.25) is 5.91 Å². The summed E-state index contributed by atoms with van der Waals surface area (Å²) in [5, 5.41) is 6.97. The summed E-state index contributed by atoms with van der Waals surface area (Å²) in [6.07, 6.45) is 1.92. The fourth-order valence-corrected chi connectivity index (χ4v) is 2.41. The van der Waals surface area contributed by atoms with Gasteiger partial charge >= 0.3 is 5.91 Å². The van der Waals surface area contributed by atoms with Crippen LogP contribution >= 0.6 is 15.9 Å². The number of carbonyl (C=O) groups excluding carboxylic acids is 2. The van der Waals surface area contributed by atoms with Gasteiger partial charge in [0.05, 0.1) is 5.71 Å². The summed E-state index contributed by atoms with van der Waals surface area (Å²) >= 11 is 3.14. The van der Waals surface area contributed by atoms with Crippen molar-refractivity contribution in [3.63, 3.8) is 0 Å². The normalized spacial score (nSPS) is 14.3. The molecule has 0 bridgehead atoms. The number of hydrogen-bond donors (Lipinski definition) is 2. The molecule has 1 aliphatic carbocycles. The van der Waals surface area contributed by atoms with Crippen LogP contribution in [-0.2, 0) is 4.79 Å². The Hall–Kier alpha value is -2.41. The van der Waals surface area contributed by atoms with Crippen LogP contribution in [-0.4, -0.2) is 17.5 Å². The smallest absolute Gasteiger partial charge is 0.307 e. The third kappa shape index (κ3) is 4.11. The number of rotatable bonds is 5. The lowest BCUT2D eigenvalue weighted by Crippen LogP contribution is -2.19. The summed E-state index contributed by atoms with van der Waals surface area (Å²) in [5.74, 6) is -0.0594. The SMILES string of the molecule is C/C(=N/NC(=O)c1ccc(Br)o1)c1cccc(NC(=O)C2CC2)c1. The molecular weight excluding hydrogens is 374 g/mol. The van der Waals surface area contributed by atoms with E-state index < -0.39 is 5.91 Å². The number of benzene rings is 1. The minimum Gasteiger partial charge on any atom is -0.444 e. The molecule has 6 nitrogen and oxygen atoms in total. The Bertz CT molecular complexity index is 809. The van der Waals surface area contributed by atoms with E-state index in [2.05, 4.69) is 31.8 Å². The number of nitrogens with zero attached hydrogens (tertiary/aromatic N) is 1. The molecule has 124 valence electrons. The van der Waals surface area contributed by atoms with E-state index in [1.54, 1.807) is 19.1 Å². The van der Waals surface area contributed by atoms with Crippen molar-refractivity contribution in [3.8, 4) is 0 Å². The lowest BCUT2D eigenvalue weighted by Gasteiger charge is -2.07. The molecule has 2 N–H and O–H groups in total. The molecule has 2 aromatic rings. The molecule has 0 atom stereocenters. The summed E-state index contributed by atoms with van der Waals surface area (Å²) < 4.78 is 5.64. The number of nitrogens with one attached hydrogen (secondary N) is 2. The van der Waals surface area contributed by atoms with Gasteiger partial charge < -0.3 is 9.73 Å². The molecule has 1 fully saturated rings. The molecule has 0 spiro atoms. The van der Waals surface area contributed by atoms with Crippen LogP contribution in [0.15, 0.2) is 50.6 Å². The summed E-state index contributed by atoms with van der Waals surface area (Å²) in [6, 6.07) is 10.5. The van der Waals surface area contributed by atoms with Gasteiger partial charge in [0.15, 0.2) is 10.4 Å². The Morgan fingerprint density at radius 1 is 1.25 bits per heavy atom. The van der Waals surface area contributed by atoms with Crippen LogP contribution in [0.3, 0.4) is 0 Å². The topological polar surface area (TPSA) is 83.7 Å². The molecule has 1 aromatic heterocycles. The molecule has 2 amide bonds. The quantitative estimate of drug-likeness (QED) is 0.605. The number of halogens is 1. The first-order valence-electron chi connectivity index (χ1n) is 7.54. The summed E-state index contributed by atoms with van der Waals surface area (Å²) in [5.41, 5.74) is 4.60. The molecule has 1 heterocycles. The third-order valence-corrected chi connectivity index (χ3v) is 4.04. The molecule has 1 aromatic carbocycles. The van der Waals surface area contributed by atoms with Gasteiger partial charge in [-0.1, -0.05) is 12.1 Å². The van der Waals surface area contributed by atoms with E-state index >= 15 is 0 Å². The zero-order chi connectivity index (χ0) is 17.1. The zero-order valence-electron chi connectivity index (χ0n) is 13.0. The van der Waals surface area contributed by atoms with Crippen molar-refractivity contribution in [1.82, 2.24) is 5.43 Å². The van der Waals surface area contributed by atoms with E-state index in [1.807, 2.05) is 24.3 Å². The number of amides is 2. The number of furan rings is 1. The van der Waals surface area contributed by atoms with Gasteiger partial charge in [-0.2, -0.15) is 5.10 Å². The molecule has 3 rings (SSSR count). The van der Waals surface area contributed by atoms with Crippen molar-refractivity contribution in [2.24, 2.45) is 11.0 Å². The monoisotopic (exact) mass is 389 g/mol. The molecule has 0 aliphatic heterocycles. The van der Waals surface area contributed by atoms with Crippen LogP contribution < -0.4 is 10.7 Å². The molecule has 1 saturated carbocycles. The van der Waals surface area contributed by atoms with Crippen LogP contribution in [0.25, 0.3) is 0 Å². The van der Waals surface area contributed by atoms with Crippen molar-refractivity contribution in [3.05, 3.63) is 52.4 Å². The average molecular weight is 390 g/mol. The first kappa shape index (κ1) is 16.4. The minimum absolute atomic E-state index is 0.0541. The maximum atomic E-state index is 11.9.